The van der Waals surface area contributed by atoms with Crippen LogP contribution in [0.5, 0.6) is 0 Å². The van der Waals surface area contributed by atoms with Gasteiger partial charge in [0.2, 0.25) is 5.91 Å². The number of rotatable bonds is 5. The zero-order chi connectivity index (χ0) is 23.1. The van der Waals surface area contributed by atoms with Crippen LogP contribution in [0, 0.1) is 5.92 Å². The number of morpholine rings is 1. The zero-order valence-corrected chi connectivity index (χ0v) is 19.7. The van der Waals surface area contributed by atoms with Crippen molar-refractivity contribution in [1.29, 1.82) is 0 Å². The molecule has 1 amide bonds. The summed E-state index contributed by atoms with van der Waals surface area (Å²) in [6.45, 7) is 6.04. The van der Waals surface area contributed by atoms with Crippen molar-refractivity contribution >= 4 is 22.8 Å². The molecule has 1 saturated carbocycles. The smallest absolute Gasteiger partial charge is 0.222 e. The number of carbonyl (C=O) groups excluding carboxylic acids is 1. The second kappa shape index (κ2) is 8.98. The van der Waals surface area contributed by atoms with E-state index in [0.29, 0.717) is 31.0 Å². The van der Waals surface area contributed by atoms with Gasteiger partial charge >= 0.3 is 0 Å². The van der Waals surface area contributed by atoms with Crippen LogP contribution in [0.3, 0.4) is 0 Å². The molecule has 3 aliphatic rings. The van der Waals surface area contributed by atoms with Gasteiger partial charge in [-0.3, -0.25) is 4.79 Å². The number of piperidine rings is 1. The lowest BCUT2D eigenvalue weighted by atomic mass is 9.92. The topological polar surface area (TPSA) is 87.2 Å². The van der Waals surface area contributed by atoms with Crippen LogP contribution in [0.15, 0.2) is 30.6 Å². The van der Waals surface area contributed by atoms with Gasteiger partial charge in [0.25, 0.3) is 0 Å². The van der Waals surface area contributed by atoms with Crippen LogP contribution in [-0.4, -0.2) is 69.6 Å². The summed E-state index contributed by atoms with van der Waals surface area (Å²) < 4.78 is 5.67. The van der Waals surface area contributed by atoms with Crippen molar-refractivity contribution < 1.29 is 9.53 Å². The number of aromatic nitrogens is 4. The molecule has 0 unspecified atom stereocenters. The van der Waals surface area contributed by atoms with Gasteiger partial charge in [0.05, 0.1) is 19.3 Å². The summed E-state index contributed by atoms with van der Waals surface area (Å²) in [4.78, 5) is 34.8. The number of aromatic amines is 1. The van der Waals surface area contributed by atoms with E-state index in [1.54, 1.807) is 0 Å². The Kier molecular flexibility index (Phi) is 5.69. The van der Waals surface area contributed by atoms with Crippen molar-refractivity contribution in [3.63, 3.8) is 0 Å². The molecule has 34 heavy (non-hydrogen) atoms. The SMILES string of the molecule is C[C@@H]1COCCN1c1cc(C2CCN(C(=O)CC3CC3)CC2)nc(-c2ccnc3[nH]ccc23)n1. The van der Waals surface area contributed by atoms with Crippen LogP contribution < -0.4 is 4.90 Å². The van der Waals surface area contributed by atoms with Crippen molar-refractivity contribution in [1.82, 2.24) is 24.8 Å². The summed E-state index contributed by atoms with van der Waals surface area (Å²) in [7, 11) is 0. The van der Waals surface area contributed by atoms with E-state index < -0.39 is 0 Å². The molecule has 0 aromatic carbocycles. The van der Waals surface area contributed by atoms with E-state index in [2.05, 4.69) is 32.8 Å². The number of hydrogen-bond donors (Lipinski definition) is 1. The largest absolute Gasteiger partial charge is 0.377 e. The minimum absolute atomic E-state index is 0.260. The quantitative estimate of drug-likeness (QED) is 0.624. The number of carbonyl (C=O) groups is 1. The second-order valence-corrected chi connectivity index (χ2v) is 9.99. The van der Waals surface area contributed by atoms with Crippen LogP contribution >= 0.6 is 0 Å². The molecule has 6 rings (SSSR count). The van der Waals surface area contributed by atoms with Crippen LogP contribution in [0.25, 0.3) is 22.4 Å². The van der Waals surface area contributed by atoms with Crippen LogP contribution in [0.4, 0.5) is 5.82 Å². The molecule has 2 aliphatic heterocycles. The number of hydrogen-bond acceptors (Lipinski definition) is 6. The Hall–Kier alpha value is -3.00. The van der Waals surface area contributed by atoms with Gasteiger partial charge in [0.1, 0.15) is 11.5 Å². The molecular weight excluding hydrogens is 428 g/mol. The number of pyridine rings is 1. The lowest BCUT2D eigenvalue weighted by molar-refractivity contribution is -0.132. The molecule has 5 heterocycles. The van der Waals surface area contributed by atoms with Gasteiger partial charge in [-0.15, -0.1) is 0 Å². The van der Waals surface area contributed by atoms with E-state index in [1.165, 1.54) is 12.8 Å². The molecular formula is C26H32N6O2. The molecule has 3 aromatic rings. The Morgan fingerprint density at radius 1 is 1.15 bits per heavy atom. The Bertz CT molecular complexity index is 1180. The highest BCUT2D eigenvalue weighted by atomic mass is 16.5. The third kappa shape index (κ3) is 4.27. The monoisotopic (exact) mass is 460 g/mol. The lowest BCUT2D eigenvalue weighted by Gasteiger charge is -2.35. The number of amides is 1. The summed E-state index contributed by atoms with van der Waals surface area (Å²) in [5.74, 6) is 3.00. The number of nitrogens with one attached hydrogen (secondary N) is 1. The Morgan fingerprint density at radius 3 is 2.79 bits per heavy atom. The van der Waals surface area contributed by atoms with Gasteiger partial charge in [0.15, 0.2) is 5.82 Å². The van der Waals surface area contributed by atoms with Crippen LogP contribution in [-0.2, 0) is 9.53 Å². The van der Waals surface area contributed by atoms with Gasteiger partial charge in [-0.25, -0.2) is 15.0 Å². The molecule has 8 heteroatoms. The van der Waals surface area contributed by atoms with Crippen molar-refractivity contribution in [2.45, 2.75) is 51.0 Å². The van der Waals surface area contributed by atoms with Gasteiger partial charge < -0.3 is 19.5 Å². The van der Waals surface area contributed by atoms with E-state index in [9.17, 15) is 4.79 Å². The summed E-state index contributed by atoms with van der Waals surface area (Å²) in [5, 5.41) is 1.03. The molecule has 2 saturated heterocycles. The first kappa shape index (κ1) is 21.5. The fraction of sp³-hybridized carbons (Fsp3) is 0.538. The Morgan fingerprint density at radius 2 is 2.00 bits per heavy atom. The predicted octanol–water partition coefficient (Wildman–Crippen LogP) is 3.75. The van der Waals surface area contributed by atoms with E-state index in [-0.39, 0.29) is 6.04 Å². The van der Waals surface area contributed by atoms with Crippen molar-refractivity contribution in [3.8, 4) is 11.4 Å². The number of H-pyrrole nitrogens is 1. The minimum atomic E-state index is 0.260. The summed E-state index contributed by atoms with van der Waals surface area (Å²) in [6, 6.07) is 6.47. The normalized spacial score (nSPS) is 21.9. The third-order valence-electron chi connectivity index (χ3n) is 7.52. The molecule has 0 bridgehead atoms. The molecule has 3 fully saturated rings. The highest BCUT2D eigenvalue weighted by Gasteiger charge is 2.31. The fourth-order valence-corrected chi connectivity index (χ4v) is 5.28. The number of ether oxygens (including phenoxy) is 1. The molecule has 1 N–H and O–H groups in total. The van der Waals surface area contributed by atoms with E-state index in [0.717, 1.165) is 72.8 Å². The van der Waals surface area contributed by atoms with Gasteiger partial charge in [-0.1, -0.05) is 0 Å². The zero-order valence-electron chi connectivity index (χ0n) is 19.7. The van der Waals surface area contributed by atoms with Gasteiger partial charge in [-0.05, 0) is 50.7 Å². The first-order valence-corrected chi connectivity index (χ1v) is 12.6. The van der Waals surface area contributed by atoms with Crippen LogP contribution in [0.1, 0.15) is 50.6 Å². The van der Waals surface area contributed by atoms with Gasteiger partial charge in [0, 0.05) is 67.1 Å². The summed E-state index contributed by atoms with van der Waals surface area (Å²) >= 11 is 0. The van der Waals surface area contributed by atoms with Crippen molar-refractivity contribution in [2.24, 2.45) is 5.92 Å². The molecule has 178 valence electrons. The standard InChI is InChI=1S/C26H32N6O2/c1-17-16-34-13-12-32(17)23-15-22(19-6-10-31(11-7-19)24(33)14-18-2-3-18)29-26(30-23)21-5-9-28-25-20(21)4-8-27-25/h4-5,8-9,15,17-19H,2-3,6-7,10-14,16H2,1H3,(H,27,28)/t17-/m1/s1. The number of fused-ring (bicyclic) bond motifs is 1. The predicted molar refractivity (Wildman–Crippen MR) is 131 cm³/mol. The molecule has 0 spiro atoms. The van der Waals surface area contributed by atoms with E-state index in [1.807, 2.05) is 24.5 Å². The first-order valence-electron chi connectivity index (χ1n) is 12.6. The van der Waals surface area contributed by atoms with Crippen molar-refractivity contribution in [3.05, 3.63) is 36.3 Å². The summed E-state index contributed by atoms with van der Waals surface area (Å²) in [5.41, 5.74) is 2.91. The minimum Gasteiger partial charge on any atom is -0.377 e. The molecule has 0 radical (unpaired) electrons. The molecule has 8 nitrogen and oxygen atoms in total. The fourth-order valence-electron chi connectivity index (χ4n) is 5.28. The van der Waals surface area contributed by atoms with Crippen molar-refractivity contribution in [2.75, 3.05) is 37.7 Å². The second-order valence-electron chi connectivity index (χ2n) is 9.99. The van der Waals surface area contributed by atoms with Crippen LogP contribution in [0.2, 0.25) is 0 Å². The lowest BCUT2D eigenvalue weighted by Crippen LogP contribution is -2.44. The highest BCUT2D eigenvalue weighted by Crippen LogP contribution is 2.35. The Labute approximate surface area is 199 Å². The van der Waals surface area contributed by atoms with E-state index >= 15 is 0 Å². The molecule has 1 aliphatic carbocycles. The maximum absolute atomic E-state index is 12.6. The highest BCUT2D eigenvalue weighted by molar-refractivity contribution is 5.91. The number of anilines is 1. The van der Waals surface area contributed by atoms with Gasteiger partial charge in [-0.2, -0.15) is 0 Å². The third-order valence-corrected chi connectivity index (χ3v) is 7.52. The average molecular weight is 461 g/mol. The molecule has 1 atom stereocenters. The number of likely N-dealkylation sites (tertiary alicyclic amines) is 1. The summed E-state index contributed by atoms with van der Waals surface area (Å²) in [6.07, 6.45) is 8.78. The first-order chi connectivity index (χ1) is 16.7. The average Bonchev–Trinajstić information content (AvgIpc) is 3.55. The van der Waals surface area contributed by atoms with E-state index in [4.69, 9.17) is 14.7 Å². The maximum atomic E-state index is 12.6. The number of nitrogens with zero attached hydrogens (tertiary/aromatic N) is 5. The molecule has 3 aromatic heterocycles. The maximum Gasteiger partial charge on any atom is 0.222 e. The Balaban J connectivity index is 1.32.